The minimum atomic E-state index is -0.395. The fourth-order valence-electron chi connectivity index (χ4n) is 2.48. The van der Waals surface area contributed by atoms with E-state index in [1.165, 1.54) is 6.42 Å². The molecule has 0 saturated heterocycles. The number of aryl methyl sites for hydroxylation is 1. The molecule has 0 radical (unpaired) electrons. The highest BCUT2D eigenvalue weighted by Gasteiger charge is 2.22. The van der Waals surface area contributed by atoms with E-state index >= 15 is 0 Å². The number of hydrogen-bond donors (Lipinski definition) is 2. The Labute approximate surface area is 127 Å². The Morgan fingerprint density at radius 1 is 1.43 bits per heavy atom. The fraction of sp³-hybridized carbons (Fsp3) is 0.692. The first-order valence-corrected chi connectivity index (χ1v) is 8.11. The van der Waals surface area contributed by atoms with Crippen LogP contribution in [0.5, 0.6) is 0 Å². The largest absolute Gasteiger partial charge is 0.352 e. The van der Waals surface area contributed by atoms with Crippen LogP contribution in [-0.2, 0) is 4.79 Å². The normalized spacial score (nSPS) is 22.0. The van der Waals surface area contributed by atoms with E-state index in [1.54, 1.807) is 6.92 Å². The maximum absolute atomic E-state index is 12.0. The number of amides is 1. The van der Waals surface area contributed by atoms with Gasteiger partial charge in [-0.25, -0.2) is 0 Å². The Balaban J connectivity index is 1.89. The Morgan fingerprint density at radius 3 is 2.86 bits per heavy atom. The van der Waals surface area contributed by atoms with E-state index in [1.807, 2.05) is 0 Å². The molecule has 1 aromatic heterocycles. The van der Waals surface area contributed by atoms with E-state index in [2.05, 4.69) is 22.4 Å². The Morgan fingerprint density at radius 2 is 2.14 bits per heavy atom. The molecule has 8 heteroatoms. The zero-order valence-corrected chi connectivity index (χ0v) is 13.2. The first-order valence-electron chi connectivity index (χ1n) is 7.12. The number of nitrogens with two attached hydrogens (primary N) is 1. The fourth-order valence-corrected chi connectivity index (χ4v) is 3.14. The van der Waals surface area contributed by atoms with Crippen LogP contribution in [-0.4, -0.2) is 32.6 Å². The number of nitrogen functional groups attached to an aromatic ring is 1. The van der Waals surface area contributed by atoms with Gasteiger partial charge in [-0.05, 0) is 25.7 Å². The zero-order chi connectivity index (χ0) is 15.4. The predicted octanol–water partition coefficient (Wildman–Crippen LogP) is 0.448. The summed E-state index contributed by atoms with van der Waals surface area (Å²) >= 11 is 1.12. The van der Waals surface area contributed by atoms with Crippen LogP contribution in [0.2, 0.25) is 0 Å². The van der Waals surface area contributed by atoms with Gasteiger partial charge in [-0.2, -0.15) is 4.68 Å². The molecule has 1 amide bonds. The van der Waals surface area contributed by atoms with Crippen molar-refractivity contribution >= 4 is 17.7 Å². The molecule has 1 aromatic rings. The average molecular weight is 311 g/mol. The third-order valence-electron chi connectivity index (χ3n) is 3.81. The minimum absolute atomic E-state index is 0.0615. The quantitative estimate of drug-likeness (QED) is 0.618. The van der Waals surface area contributed by atoms with Gasteiger partial charge in [-0.15, -0.1) is 10.2 Å². The van der Waals surface area contributed by atoms with Gasteiger partial charge in [0.2, 0.25) is 11.1 Å². The van der Waals surface area contributed by atoms with Gasteiger partial charge in [0.1, 0.15) is 5.69 Å². The first-order chi connectivity index (χ1) is 9.99. The van der Waals surface area contributed by atoms with Gasteiger partial charge < -0.3 is 11.2 Å². The van der Waals surface area contributed by atoms with Crippen molar-refractivity contribution in [3.05, 3.63) is 16.0 Å². The van der Waals surface area contributed by atoms with Gasteiger partial charge in [-0.1, -0.05) is 31.5 Å². The summed E-state index contributed by atoms with van der Waals surface area (Å²) in [6, 6.07) is 0.246. The lowest BCUT2D eigenvalue weighted by Crippen LogP contribution is -2.42. The van der Waals surface area contributed by atoms with Crippen LogP contribution in [0.1, 0.15) is 38.3 Å². The van der Waals surface area contributed by atoms with Crippen molar-refractivity contribution in [2.75, 3.05) is 11.6 Å². The van der Waals surface area contributed by atoms with Crippen molar-refractivity contribution in [2.45, 2.75) is 50.7 Å². The molecule has 116 valence electrons. The Hall–Kier alpha value is -1.57. The number of aromatic nitrogens is 3. The highest BCUT2D eigenvalue weighted by molar-refractivity contribution is 7.99. The second kappa shape index (κ2) is 6.93. The monoisotopic (exact) mass is 311 g/mol. The van der Waals surface area contributed by atoms with E-state index < -0.39 is 5.56 Å². The van der Waals surface area contributed by atoms with Crippen molar-refractivity contribution in [3.63, 3.8) is 0 Å². The molecule has 21 heavy (non-hydrogen) atoms. The van der Waals surface area contributed by atoms with Crippen LogP contribution in [0.4, 0.5) is 0 Å². The SMILES string of the molecule is Cc1nnc(SCC(=O)N[C@H]2CCCC[C@@H]2C)n(N)c1=O. The van der Waals surface area contributed by atoms with Crippen molar-refractivity contribution < 1.29 is 4.79 Å². The van der Waals surface area contributed by atoms with E-state index in [9.17, 15) is 9.59 Å². The van der Waals surface area contributed by atoms with Gasteiger partial charge in [0, 0.05) is 6.04 Å². The van der Waals surface area contributed by atoms with Crippen molar-refractivity contribution in [3.8, 4) is 0 Å². The van der Waals surface area contributed by atoms with Gasteiger partial charge in [0.25, 0.3) is 5.56 Å². The van der Waals surface area contributed by atoms with Crippen LogP contribution in [0.3, 0.4) is 0 Å². The summed E-state index contributed by atoms with van der Waals surface area (Å²) < 4.78 is 0.934. The molecule has 7 nitrogen and oxygen atoms in total. The molecule has 0 aliphatic heterocycles. The van der Waals surface area contributed by atoms with E-state index in [0.717, 1.165) is 35.7 Å². The van der Waals surface area contributed by atoms with Crippen molar-refractivity contribution in [1.29, 1.82) is 0 Å². The molecule has 1 aliphatic rings. The summed E-state index contributed by atoms with van der Waals surface area (Å²) in [7, 11) is 0. The third-order valence-corrected chi connectivity index (χ3v) is 4.75. The molecule has 0 aromatic carbocycles. The summed E-state index contributed by atoms with van der Waals surface area (Å²) in [5.74, 6) is 6.26. The van der Waals surface area contributed by atoms with Crippen LogP contribution >= 0.6 is 11.8 Å². The molecule has 1 fully saturated rings. The molecular formula is C13H21N5O2S. The third kappa shape index (κ3) is 3.96. The molecule has 1 heterocycles. The number of nitrogens with zero attached hydrogens (tertiary/aromatic N) is 3. The van der Waals surface area contributed by atoms with E-state index in [-0.39, 0.29) is 28.6 Å². The van der Waals surface area contributed by atoms with E-state index in [4.69, 9.17) is 5.84 Å². The standard InChI is InChI=1S/C13H21N5O2S/c1-8-5-3-4-6-10(8)15-11(19)7-21-13-17-16-9(2)12(20)18(13)14/h8,10H,3-7,14H2,1-2H3,(H,15,19)/t8-,10-/m0/s1. The Bertz CT molecular complexity index is 574. The number of rotatable bonds is 4. The summed E-state index contributed by atoms with van der Waals surface area (Å²) in [4.78, 5) is 23.6. The lowest BCUT2D eigenvalue weighted by Gasteiger charge is -2.29. The number of thioether (sulfide) groups is 1. The van der Waals surface area contributed by atoms with Crippen LogP contribution in [0, 0.1) is 12.8 Å². The van der Waals surface area contributed by atoms with Gasteiger partial charge in [0.15, 0.2) is 0 Å². The topological polar surface area (TPSA) is 103 Å². The molecule has 2 atom stereocenters. The first kappa shape index (κ1) is 15.8. The summed E-state index contributed by atoms with van der Waals surface area (Å²) in [6.45, 7) is 3.71. The average Bonchev–Trinajstić information content (AvgIpc) is 2.46. The highest BCUT2D eigenvalue weighted by Crippen LogP contribution is 2.23. The van der Waals surface area contributed by atoms with Crippen LogP contribution in [0.15, 0.2) is 9.95 Å². The molecule has 1 aliphatic carbocycles. The van der Waals surface area contributed by atoms with Crippen LogP contribution < -0.4 is 16.7 Å². The smallest absolute Gasteiger partial charge is 0.294 e. The summed E-state index contributed by atoms with van der Waals surface area (Å²) in [6.07, 6.45) is 4.59. The number of carbonyl (C=O) groups is 1. The second-order valence-corrected chi connectivity index (χ2v) is 6.41. The van der Waals surface area contributed by atoms with Crippen molar-refractivity contribution in [1.82, 2.24) is 20.2 Å². The number of hydrogen-bond acceptors (Lipinski definition) is 6. The summed E-state index contributed by atoms with van der Waals surface area (Å²) in [5, 5.41) is 10.9. The Kier molecular flexibility index (Phi) is 5.22. The molecule has 2 rings (SSSR count). The van der Waals surface area contributed by atoms with Crippen molar-refractivity contribution in [2.24, 2.45) is 5.92 Å². The maximum atomic E-state index is 12.0. The number of nitrogens with one attached hydrogen (secondary N) is 1. The lowest BCUT2D eigenvalue weighted by molar-refractivity contribution is -0.119. The van der Waals surface area contributed by atoms with E-state index in [0.29, 0.717) is 5.92 Å². The summed E-state index contributed by atoms with van der Waals surface area (Å²) in [5.41, 5.74) is -0.156. The van der Waals surface area contributed by atoms with Crippen LogP contribution in [0.25, 0.3) is 0 Å². The second-order valence-electron chi connectivity index (χ2n) is 5.47. The zero-order valence-electron chi connectivity index (χ0n) is 12.3. The molecular weight excluding hydrogens is 290 g/mol. The van der Waals surface area contributed by atoms with Gasteiger partial charge >= 0.3 is 0 Å². The predicted molar refractivity (Wildman–Crippen MR) is 81.5 cm³/mol. The molecule has 0 spiro atoms. The molecule has 0 bridgehead atoms. The maximum Gasteiger partial charge on any atom is 0.294 e. The molecule has 0 unspecified atom stereocenters. The van der Waals surface area contributed by atoms with Gasteiger partial charge in [-0.3, -0.25) is 9.59 Å². The lowest BCUT2D eigenvalue weighted by atomic mass is 9.86. The minimum Gasteiger partial charge on any atom is -0.352 e. The molecule has 3 N–H and O–H groups in total. The van der Waals surface area contributed by atoms with Gasteiger partial charge in [0.05, 0.1) is 5.75 Å². The number of carbonyl (C=O) groups excluding carboxylic acids is 1. The highest BCUT2D eigenvalue weighted by atomic mass is 32.2. The molecule has 1 saturated carbocycles.